The fourth-order valence-corrected chi connectivity index (χ4v) is 5.61. The summed E-state index contributed by atoms with van der Waals surface area (Å²) in [5.74, 6) is -2.18. The van der Waals surface area contributed by atoms with Crippen molar-refractivity contribution in [2.45, 2.75) is 105 Å². The van der Waals surface area contributed by atoms with Gasteiger partial charge in [0.1, 0.15) is 5.82 Å². The van der Waals surface area contributed by atoms with Crippen LogP contribution < -0.4 is 0 Å². The van der Waals surface area contributed by atoms with E-state index in [1.54, 1.807) is 6.08 Å². The van der Waals surface area contributed by atoms with Crippen LogP contribution in [0.1, 0.15) is 113 Å². The van der Waals surface area contributed by atoms with Crippen LogP contribution in [0.4, 0.5) is 4.39 Å². The minimum Gasteiger partial charge on any atom is -0.365 e. The predicted octanol–water partition coefficient (Wildman–Crippen LogP) is 9.78. The molecule has 0 spiro atoms. The lowest BCUT2D eigenvalue weighted by molar-refractivity contribution is -0.188. The first-order valence-electron chi connectivity index (χ1n) is 14.9. The van der Waals surface area contributed by atoms with Crippen molar-refractivity contribution >= 4 is 17.4 Å². The van der Waals surface area contributed by atoms with Gasteiger partial charge in [-0.3, -0.25) is 4.99 Å². The lowest BCUT2D eigenvalue weighted by Gasteiger charge is -2.40. The van der Waals surface area contributed by atoms with E-state index in [0.29, 0.717) is 17.5 Å². The minimum absolute atomic E-state index is 0.220. The Morgan fingerprint density at radius 3 is 2.32 bits per heavy atom. The number of benzene rings is 2. The molecule has 0 aromatic heterocycles. The summed E-state index contributed by atoms with van der Waals surface area (Å²) in [6, 6.07) is 9.92. The van der Waals surface area contributed by atoms with Crippen LogP contribution in [-0.4, -0.2) is 21.7 Å². The van der Waals surface area contributed by atoms with Gasteiger partial charge >= 0.3 is 0 Å². The van der Waals surface area contributed by atoms with Crippen molar-refractivity contribution in [3.8, 4) is 0 Å². The average Bonchev–Trinajstić information content (AvgIpc) is 2.91. The molecule has 0 amide bonds. The van der Waals surface area contributed by atoms with Gasteiger partial charge in [-0.2, -0.15) is 0 Å². The van der Waals surface area contributed by atoms with Crippen LogP contribution >= 0.6 is 0 Å². The van der Waals surface area contributed by atoms with E-state index in [2.05, 4.69) is 37.2 Å². The number of aryl methyl sites for hydroxylation is 1. The smallest absolute Gasteiger partial charge is 0.173 e. The quantitative estimate of drug-likeness (QED) is 0.105. The van der Waals surface area contributed by atoms with Gasteiger partial charge in [0.2, 0.25) is 0 Å². The van der Waals surface area contributed by atoms with Crippen molar-refractivity contribution < 1.29 is 14.6 Å². The topological polar surface area (TPSA) is 52.8 Å². The van der Waals surface area contributed by atoms with E-state index in [-0.39, 0.29) is 5.82 Å². The third-order valence-corrected chi connectivity index (χ3v) is 8.04. The fourth-order valence-electron chi connectivity index (χ4n) is 5.61. The third-order valence-electron chi connectivity index (χ3n) is 8.04. The highest BCUT2D eigenvalue weighted by Crippen LogP contribution is 2.40. The van der Waals surface area contributed by atoms with E-state index in [0.717, 1.165) is 76.9 Å². The Morgan fingerprint density at radius 2 is 1.76 bits per heavy atom. The second kappa shape index (κ2) is 14.7. The van der Waals surface area contributed by atoms with Crippen molar-refractivity contribution in [3.63, 3.8) is 0 Å². The van der Waals surface area contributed by atoms with E-state index in [4.69, 9.17) is 0 Å². The molecule has 0 radical (unpaired) electrons. The Kier molecular flexibility index (Phi) is 12.2. The normalized spacial score (nSPS) is 14.7. The van der Waals surface area contributed by atoms with Gasteiger partial charge in [0.15, 0.2) is 5.79 Å². The van der Waals surface area contributed by atoms with Crippen molar-refractivity contribution in [2.75, 3.05) is 0 Å². The molecule has 0 saturated carbocycles. The van der Waals surface area contributed by atoms with Crippen LogP contribution in [-0.2, 0) is 5.41 Å². The van der Waals surface area contributed by atoms with Crippen molar-refractivity contribution in [2.24, 2.45) is 4.99 Å². The summed E-state index contributed by atoms with van der Waals surface area (Å²) < 4.78 is 15.9. The van der Waals surface area contributed by atoms with Crippen LogP contribution in [0.5, 0.6) is 0 Å². The molecule has 0 bridgehead atoms. The molecular weight excluding hydrogens is 509 g/mol. The van der Waals surface area contributed by atoms with Gasteiger partial charge in [-0.25, -0.2) is 4.39 Å². The molecule has 2 aromatic rings. The number of hydrogen-bond acceptors (Lipinski definition) is 3. The second-order valence-electron chi connectivity index (χ2n) is 11.4. The summed E-state index contributed by atoms with van der Waals surface area (Å²) in [6.45, 7) is 23.2. The molecule has 222 valence electrons. The molecule has 2 N–H and O–H groups in total. The van der Waals surface area contributed by atoms with Crippen molar-refractivity contribution in [3.05, 3.63) is 106 Å². The first kappa shape index (κ1) is 34.1. The Labute approximate surface area is 248 Å². The van der Waals surface area contributed by atoms with Crippen LogP contribution in [0.15, 0.2) is 71.9 Å². The number of nitrogens with zero attached hydrogens (tertiary/aromatic N) is 1. The summed E-state index contributed by atoms with van der Waals surface area (Å²) in [5, 5.41) is 21.5. The zero-order valence-corrected chi connectivity index (χ0v) is 26.5. The number of halogens is 1. The second-order valence-corrected chi connectivity index (χ2v) is 11.4. The van der Waals surface area contributed by atoms with Gasteiger partial charge in [-0.15, -0.1) is 6.58 Å². The average molecular weight is 560 g/mol. The van der Waals surface area contributed by atoms with E-state index < -0.39 is 11.2 Å². The molecule has 4 heteroatoms. The molecule has 41 heavy (non-hydrogen) atoms. The molecular formula is C37H50FNO2. The summed E-state index contributed by atoms with van der Waals surface area (Å²) in [4.78, 5) is 4.56. The molecule has 0 heterocycles. The Balaban J connectivity index is 2.65. The van der Waals surface area contributed by atoms with Crippen LogP contribution in [0.25, 0.3) is 11.6 Å². The molecule has 1 unspecified atom stereocenters. The van der Waals surface area contributed by atoms with Gasteiger partial charge in [0, 0.05) is 22.5 Å². The monoisotopic (exact) mass is 559 g/mol. The minimum atomic E-state index is -1.96. The van der Waals surface area contributed by atoms with Crippen molar-refractivity contribution in [1.29, 1.82) is 0 Å². The van der Waals surface area contributed by atoms with Gasteiger partial charge in [0.05, 0.1) is 5.41 Å². The number of rotatable bonds is 14. The van der Waals surface area contributed by atoms with Crippen LogP contribution in [0, 0.1) is 19.7 Å². The zero-order chi connectivity index (χ0) is 31.0. The standard InChI is InChI=1S/C37H50FNO2/c1-11-15-17-30(23-31-18-16-19-32(24-31)37(14-4,20-12-2)36(10,40)41)21-25(5)34-26(6)22-33(28(8)35(34)38)29(9)39-27(7)13-3/h14,16,18-19,21-24,40-41H,4,7,11-13,15,17,20H2,1-3,5-6,8-10H3/b25-21+,30-23-,39-29?. The highest BCUT2D eigenvalue weighted by molar-refractivity contribution is 6.01. The lowest BCUT2D eigenvalue weighted by atomic mass is 9.70. The first-order valence-corrected chi connectivity index (χ1v) is 14.9. The number of hydrogen-bond donors (Lipinski definition) is 2. The summed E-state index contributed by atoms with van der Waals surface area (Å²) in [6.07, 6.45) is 10.8. The molecule has 0 aliphatic rings. The summed E-state index contributed by atoms with van der Waals surface area (Å²) >= 11 is 0. The molecule has 1 atom stereocenters. The Morgan fingerprint density at radius 1 is 1.07 bits per heavy atom. The maximum Gasteiger partial charge on any atom is 0.173 e. The largest absolute Gasteiger partial charge is 0.365 e. The maximum absolute atomic E-state index is 15.9. The molecule has 0 saturated heterocycles. The molecule has 0 fully saturated rings. The SMILES string of the molecule is C=CC(CCC)(c1cccc(/C=C(\C=C(/C)c2c(C)cc(C(C)=NC(=C)CC)c(C)c2F)CCCC)c1)C(C)(O)O. The first-order chi connectivity index (χ1) is 19.3. The van der Waals surface area contributed by atoms with E-state index >= 15 is 4.39 Å². The van der Waals surface area contributed by atoms with Crippen molar-refractivity contribution in [1.82, 2.24) is 0 Å². The van der Waals surface area contributed by atoms with E-state index in [1.807, 2.05) is 71.9 Å². The van der Waals surface area contributed by atoms with E-state index in [1.165, 1.54) is 6.92 Å². The van der Waals surface area contributed by atoms with Crippen LogP contribution in [0.3, 0.4) is 0 Å². The maximum atomic E-state index is 15.9. The zero-order valence-electron chi connectivity index (χ0n) is 26.5. The molecule has 0 aliphatic carbocycles. The fraction of sp³-hybridized carbons (Fsp3) is 0.432. The predicted molar refractivity (Wildman–Crippen MR) is 175 cm³/mol. The Hall–Kier alpha value is -3.08. The number of aliphatic hydroxyl groups is 2. The van der Waals surface area contributed by atoms with Crippen LogP contribution in [0.2, 0.25) is 0 Å². The van der Waals surface area contributed by atoms with E-state index in [9.17, 15) is 10.2 Å². The lowest BCUT2D eigenvalue weighted by Crippen LogP contribution is -2.48. The number of aliphatic imine (C=N–C) groups is 1. The summed E-state index contributed by atoms with van der Waals surface area (Å²) in [5.41, 5.74) is 7.15. The van der Waals surface area contributed by atoms with Gasteiger partial charge in [0.25, 0.3) is 0 Å². The van der Waals surface area contributed by atoms with Gasteiger partial charge < -0.3 is 10.2 Å². The molecule has 0 aliphatic heterocycles. The molecule has 2 aromatic carbocycles. The molecule has 2 rings (SSSR count). The number of unbranched alkanes of at least 4 members (excludes halogenated alkanes) is 1. The highest BCUT2D eigenvalue weighted by atomic mass is 19.1. The third kappa shape index (κ3) is 8.02. The Bertz CT molecular complexity index is 1340. The highest BCUT2D eigenvalue weighted by Gasteiger charge is 2.44. The van der Waals surface area contributed by atoms with Gasteiger partial charge in [-0.05, 0) is 99.8 Å². The summed E-state index contributed by atoms with van der Waals surface area (Å²) in [7, 11) is 0. The number of allylic oxidation sites excluding steroid dienone is 4. The van der Waals surface area contributed by atoms with Gasteiger partial charge in [-0.1, -0.05) is 82.7 Å². The molecule has 3 nitrogen and oxygen atoms in total.